The Kier molecular flexibility index (Phi) is 6.93. The molecule has 0 aliphatic carbocycles. The maximum atomic E-state index is 13.0. The standard InChI is InChI=1S/C27H24N4O5S/c32-26(29-20-7-9-21(10-8-20)37(34,35)31-15-3-4-16-31)18-36-27(33)23-17-25(19-11-13-28-14-12-19)30-24-6-2-1-5-22(23)24/h1-2,5-14,17H,3-4,15-16,18H2,(H,29,32). The second-order valence-corrected chi connectivity index (χ2v) is 10.5. The number of nitrogens with one attached hydrogen (secondary N) is 1. The summed E-state index contributed by atoms with van der Waals surface area (Å²) in [7, 11) is -3.54. The molecule has 5 rings (SSSR count). The molecule has 0 atom stereocenters. The van der Waals surface area contributed by atoms with Gasteiger partial charge < -0.3 is 10.1 Å². The first kappa shape index (κ1) is 24.5. The summed E-state index contributed by atoms with van der Waals surface area (Å²) in [5.41, 5.74) is 2.69. The van der Waals surface area contributed by atoms with E-state index in [0.717, 1.165) is 18.4 Å². The first-order valence-corrected chi connectivity index (χ1v) is 13.2. The molecule has 9 nitrogen and oxygen atoms in total. The molecule has 1 amide bonds. The topological polar surface area (TPSA) is 119 Å². The Morgan fingerprint density at radius 3 is 2.38 bits per heavy atom. The zero-order valence-corrected chi connectivity index (χ0v) is 20.6. The average molecular weight is 517 g/mol. The Labute approximate surface area is 214 Å². The molecule has 1 aliphatic heterocycles. The number of hydrogen-bond donors (Lipinski definition) is 1. The number of benzene rings is 2. The summed E-state index contributed by atoms with van der Waals surface area (Å²) in [5, 5.41) is 3.24. The van der Waals surface area contributed by atoms with E-state index in [1.165, 1.54) is 28.6 Å². The SMILES string of the molecule is O=C(COC(=O)c1cc(-c2ccncc2)nc2ccccc12)Nc1ccc(S(=O)(=O)N2CCCC2)cc1. The molecule has 0 spiro atoms. The largest absolute Gasteiger partial charge is 0.452 e. The van der Waals surface area contributed by atoms with Crippen LogP contribution in [0.4, 0.5) is 5.69 Å². The highest BCUT2D eigenvalue weighted by atomic mass is 32.2. The van der Waals surface area contributed by atoms with Crippen LogP contribution in [0, 0.1) is 0 Å². The van der Waals surface area contributed by atoms with Crippen LogP contribution in [0.5, 0.6) is 0 Å². The Balaban J connectivity index is 1.26. The number of anilines is 1. The van der Waals surface area contributed by atoms with E-state index in [1.54, 1.807) is 48.8 Å². The van der Waals surface area contributed by atoms with Crippen molar-refractivity contribution in [2.45, 2.75) is 17.7 Å². The van der Waals surface area contributed by atoms with Crippen LogP contribution in [0.25, 0.3) is 22.2 Å². The van der Waals surface area contributed by atoms with Crippen molar-refractivity contribution in [1.29, 1.82) is 0 Å². The van der Waals surface area contributed by atoms with Crippen LogP contribution in [0.15, 0.2) is 84.0 Å². The van der Waals surface area contributed by atoms with Gasteiger partial charge in [0.15, 0.2) is 6.61 Å². The lowest BCUT2D eigenvalue weighted by Gasteiger charge is -2.15. The number of rotatable bonds is 7. The minimum absolute atomic E-state index is 0.174. The highest BCUT2D eigenvalue weighted by molar-refractivity contribution is 7.89. The summed E-state index contributed by atoms with van der Waals surface area (Å²) in [6.45, 7) is 0.528. The molecule has 0 unspecified atom stereocenters. The van der Waals surface area contributed by atoms with Gasteiger partial charge in [-0.1, -0.05) is 18.2 Å². The molecule has 0 bridgehead atoms. The summed E-state index contributed by atoms with van der Waals surface area (Å²) in [5.74, 6) is -1.20. The van der Waals surface area contributed by atoms with Gasteiger partial charge in [-0.15, -0.1) is 0 Å². The van der Waals surface area contributed by atoms with E-state index in [9.17, 15) is 18.0 Å². The van der Waals surface area contributed by atoms with Gasteiger partial charge in [-0.05, 0) is 61.4 Å². The maximum absolute atomic E-state index is 13.0. The van der Waals surface area contributed by atoms with E-state index in [1.807, 2.05) is 6.07 Å². The fourth-order valence-corrected chi connectivity index (χ4v) is 5.73. The second kappa shape index (κ2) is 10.5. The van der Waals surface area contributed by atoms with Gasteiger partial charge in [0.1, 0.15) is 0 Å². The van der Waals surface area contributed by atoms with E-state index in [4.69, 9.17) is 4.74 Å². The van der Waals surface area contributed by atoms with E-state index < -0.39 is 28.5 Å². The van der Waals surface area contributed by atoms with Crippen LogP contribution >= 0.6 is 0 Å². The van der Waals surface area contributed by atoms with E-state index in [0.29, 0.717) is 40.9 Å². The normalized spacial score (nSPS) is 13.9. The van der Waals surface area contributed by atoms with Crippen LogP contribution in [0.1, 0.15) is 23.2 Å². The van der Waals surface area contributed by atoms with Crippen LogP contribution in [0.3, 0.4) is 0 Å². The van der Waals surface area contributed by atoms with Gasteiger partial charge >= 0.3 is 5.97 Å². The molecular weight excluding hydrogens is 492 g/mol. The highest BCUT2D eigenvalue weighted by Gasteiger charge is 2.27. The summed E-state index contributed by atoms with van der Waals surface area (Å²) >= 11 is 0. The molecule has 0 radical (unpaired) electrons. The molecule has 0 saturated carbocycles. The van der Waals surface area contributed by atoms with Crippen molar-refractivity contribution < 1.29 is 22.7 Å². The molecule has 10 heteroatoms. The van der Waals surface area contributed by atoms with Gasteiger partial charge in [-0.3, -0.25) is 9.78 Å². The second-order valence-electron chi connectivity index (χ2n) is 8.57. The van der Waals surface area contributed by atoms with Crippen LogP contribution in [0.2, 0.25) is 0 Å². The third kappa shape index (κ3) is 5.35. The van der Waals surface area contributed by atoms with Gasteiger partial charge in [-0.25, -0.2) is 18.2 Å². The number of carbonyl (C=O) groups is 2. The molecule has 1 aliphatic rings. The molecule has 4 aromatic rings. The number of carbonyl (C=O) groups excluding carboxylic acids is 2. The van der Waals surface area contributed by atoms with Crippen LogP contribution < -0.4 is 5.32 Å². The van der Waals surface area contributed by atoms with Crippen molar-refractivity contribution in [3.05, 3.63) is 84.7 Å². The number of amides is 1. The molecule has 1 saturated heterocycles. The molecule has 188 valence electrons. The first-order valence-electron chi connectivity index (χ1n) is 11.8. The van der Waals surface area contributed by atoms with Gasteiger partial charge in [-0.2, -0.15) is 4.31 Å². The highest BCUT2D eigenvalue weighted by Crippen LogP contribution is 2.25. The third-order valence-electron chi connectivity index (χ3n) is 6.09. The first-order chi connectivity index (χ1) is 17.9. The van der Waals surface area contributed by atoms with Crippen molar-refractivity contribution >= 4 is 38.5 Å². The summed E-state index contributed by atoms with van der Waals surface area (Å²) in [6.07, 6.45) is 4.99. The zero-order valence-electron chi connectivity index (χ0n) is 19.8. The monoisotopic (exact) mass is 516 g/mol. The molecule has 37 heavy (non-hydrogen) atoms. The molecule has 1 fully saturated rings. The Bertz CT molecular complexity index is 1550. The van der Waals surface area contributed by atoms with Crippen molar-refractivity contribution in [3.8, 4) is 11.3 Å². The maximum Gasteiger partial charge on any atom is 0.339 e. The number of nitrogens with zero attached hydrogens (tertiary/aromatic N) is 3. The third-order valence-corrected chi connectivity index (χ3v) is 8.00. The van der Waals surface area contributed by atoms with Gasteiger partial charge in [0, 0.05) is 42.1 Å². The van der Waals surface area contributed by atoms with E-state index in [2.05, 4.69) is 15.3 Å². The predicted octanol–water partition coefficient (Wildman–Crippen LogP) is 3.88. The lowest BCUT2D eigenvalue weighted by molar-refractivity contribution is -0.119. The van der Waals surface area contributed by atoms with Crippen LogP contribution in [-0.2, 0) is 19.6 Å². The average Bonchev–Trinajstić information content (AvgIpc) is 3.48. The number of esters is 1. The Morgan fingerprint density at radius 1 is 0.946 bits per heavy atom. The fourth-order valence-electron chi connectivity index (χ4n) is 4.21. The van der Waals surface area contributed by atoms with Crippen molar-refractivity contribution in [2.24, 2.45) is 0 Å². The molecule has 1 N–H and O–H groups in total. The molecular formula is C27H24N4O5S. The number of para-hydroxylation sites is 1. The van der Waals surface area contributed by atoms with Crippen molar-refractivity contribution in [2.75, 3.05) is 25.0 Å². The van der Waals surface area contributed by atoms with Crippen LogP contribution in [-0.4, -0.2) is 54.3 Å². The smallest absolute Gasteiger partial charge is 0.339 e. The number of hydrogen-bond acceptors (Lipinski definition) is 7. The minimum Gasteiger partial charge on any atom is -0.452 e. The summed E-state index contributed by atoms with van der Waals surface area (Å²) < 4.78 is 32.1. The Morgan fingerprint density at radius 2 is 1.65 bits per heavy atom. The lowest BCUT2D eigenvalue weighted by atomic mass is 10.0. The van der Waals surface area contributed by atoms with Crippen molar-refractivity contribution in [3.63, 3.8) is 0 Å². The Hall–Kier alpha value is -4.15. The van der Waals surface area contributed by atoms with Gasteiger partial charge in [0.05, 0.1) is 21.7 Å². The number of ether oxygens (including phenoxy) is 1. The lowest BCUT2D eigenvalue weighted by Crippen LogP contribution is -2.27. The number of pyridine rings is 2. The fraction of sp³-hybridized carbons (Fsp3) is 0.185. The molecule has 2 aromatic heterocycles. The van der Waals surface area contributed by atoms with Gasteiger partial charge in [0.25, 0.3) is 5.91 Å². The van der Waals surface area contributed by atoms with E-state index in [-0.39, 0.29) is 4.90 Å². The number of sulfonamides is 1. The van der Waals surface area contributed by atoms with Crippen molar-refractivity contribution in [1.82, 2.24) is 14.3 Å². The van der Waals surface area contributed by atoms with Gasteiger partial charge in [0.2, 0.25) is 10.0 Å². The summed E-state index contributed by atoms with van der Waals surface area (Å²) in [4.78, 5) is 34.2. The molecule has 2 aromatic carbocycles. The number of fused-ring (bicyclic) bond motifs is 1. The molecule has 3 heterocycles. The predicted molar refractivity (Wildman–Crippen MR) is 138 cm³/mol. The minimum atomic E-state index is -3.54. The zero-order chi connectivity index (χ0) is 25.8. The summed E-state index contributed by atoms with van der Waals surface area (Å²) in [6, 6.07) is 18.4. The van der Waals surface area contributed by atoms with E-state index >= 15 is 0 Å². The quantitative estimate of drug-likeness (QED) is 0.370. The number of aromatic nitrogens is 2.